The summed E-state index contributed by atoms with van der Waals surface area (Å²) in [4.78, 5) is 25.7. The molecule has 2 amide bonds. The van der Waals surface area contributed by atoms with E-state index < -0.39 is 0 Å². The van der Waals surface area contributed by atoms with Gasteiger partial charge in [-0.15, -0.1) is 0 Å². The molecule has 0 atom stereocenters. The molecule has 1 aliphatic heterocycles. The third-order valence-electron chi connectivity index (χ3n) is 3.42. The van der Waals surface area contributed by atoms with Gasteiger partial charge in [0.1, 0.15) is 0 Å². The van der Waals surface area contributed by atoms with E-state index in [4.69, 9.17) is 0 Å². The minimum Gasteiger partial charge on any atom is -0.349 e. The van der Waals surface area contributed by atoms with E-state index in [1.807, 2.05) is 35.6 Å². The number of thiophene rings is 1. The molecule has 19 heavy (non-hydrogen) atoms. The predicted octanol–water partition coefficient (Wildman–Crippen LogP) is 2.12. The number of likely N-dealkylation sites (tertiary alicyclic amines) is 1. The summed E-state index contributed by atoms with van der Waals surface area (Å²) in [5.74, 6) is 0.259. The van der Waals surface area contributed by atoms with E-state index in [1.165, 1.54) is 11.3 Å². The van der Waals surface area contributed by atoms with Gasteiger partial charge in [0.15, 0.2) is 0 Å². The van der Waals surface area contributed by atoms with Crippen molar-refractivity contribution in [3.8, 4) is 0 Å². The van der Waals surface area contributed by atoms with Crippen LogP contribution < -0.4 is 5.32 Å². The molecule has 0 aromatic carbocycles. The summed E-state index contributed by atoms with van der Waals surface area (Å²) in [6.07, 6.45) is 1.68. The molecular formula is C14H20N2O2S. The molecule has 1 aromatic rings. The van der Waals surface area contributed by atoms with E-state index in [9.17, 15) is 9.59 Å². The number of carbonyl (C=O) groups is 2. The Bertz CT molecular complexity index is 434. The molecule has 0 aliphatic carbocycles. The van der Waals surface area contributed by atoms with Crippen LogP contribution in [0.4, 0.5) is 0 Å². The minimum atomic E-state index is -0.00474. The first-order valence-corrected chi connectivity index (χ1v) is 7.64. The summed E-state index contributed by atoms with van der Waals surface area (Å²) in [6.45, 7) is 5.33. The molecule has 1 aromatic heterocycles. The largest absolute Gasteiger partial charge is 0.349 e. The summed E-state index contributed by atoms with van der Waals surface area (Å²) in [6, 6.07) is 2.01. The highest BCUT2D eigenvalue weighted by molar-refractivity contribution is 7.08. The molecular weight excluding hydrogens is 260 g/mol. The number of nitrogens with zero attached hydrogens (tertiary/aromatic N) is 1. The summed E-state index contributed by atoms with van der Waals surface area (Å²) in [7, 11) is 0. The number of hydrogen-bond donors (Lipinski definition) is 1. The van der Waals surface area contributed by atoms with Crippen molar-refractivity contribution in [2.45, 2.75) is 32.7 Å². The zero-order chi connectivity index (χ0) is 13.8. The third-order valence-corrected chi connectivity index (χ3v) is 4.10. The Morgan fingerprint density at radius 1 is 1.37 bits per heavy atom. The fraction of sp³-hybridized carbons (Fsp3) is 0.571. The van der Waals surface area contributed by atoms with Crippen molar-refractivity contribution in [2.75, 3.05) is 13.1 Å². The van der Waals surface area contributed by atoms with Gasteiger partial charge < -0.3 is 10.2 Å². The maximum Gasteiger partial charge on any atom is 0.252 e. The van der Waals surface area contributed by atoms with Gasteiger partial charge >= 0.3 is 0 Å². The van der Waals surface area contributed by atoms with Crippen LogP contribution in [0.3, 0.4) is 0 Å². The first-order chi connectivity index (χ1) is 9.08. The van der Waals surface area contributed by atoms with Crippen LogP contribution in [0.2, 0.25) is 0 Å². The Kier molecular flexibility index (Phi) is 4.58. The second-order valence-corrected chi connectivity index (χ2v) is 6.02. The number of amides is 2. The van der Waals surface area contributed by atoms with Gasteiger partial charge in [-0.05, 0) is 24.3 Å². The van der Waals surface area contributed by atoms with Gasteiger partial charge in [0, 0.05) is 36.0 Å². The van der Waals surface area contributed by atoms with Crippen molar-refractivity contribution in [1.82, 2.24) is 10.2 Å². The van der Waals surface area contributed by atoms with Gasteiger partial charge in [0.05, 0.1) is 0 Å². The molecule has 1 saturated heterocycles. The molecule has 0 spiro atoms. The second-order valence-electron chi connectivity index (χ2n) is 5.24. The van der Waals surface area contributed by atoms with Crippen molar-refractivity contribution >= 4 is 23.2 Å². The van der Waals surface area contributed by atoms with E-state index >= 15 is 0 Å². The van der Waals surface area contributed by atoms with Crippen molar-refractivity contribution in [3.05, 3.63) is 22.4 Å². The molecule has 2 rings (SSSR count). The summed E-state index contributed by atoms with van der Waals surface area (Å²) in [5.41, 5.74) is 0.727. The Balaban J connectivity index is 1.81. The maximum atomic E-state index is 11.9. The zero-order valence-electron chi connectivity index (χ0n) is 11.4. The van der Waals surface area contributed by atoms with E-state index in [0.717, 1.165) is 31.5 Å². The lowest BCUT2D eigenvalue weighted by Crippen LogP contribution is -2.47. The zero-order valence-corrected chi connectivity index (χ0v) is 12.2. The second kappa shape index (κ2) is 6.19. The number of nitrogens with one attached hydrogen (secondary N) is 1. The standard InChI is InChI=1S/C14H20N2O2S/c1-10(2)14(18)16-6-3-12(4-7-16)15-13(17)11-5-8-19-9-11/h5,8-10,12H,3-4,6-7H2,1-2H3,(H,15,17). The van der Waals surface area contributed by atoms with Crippen LogP contribution in [-0.4, -0.2) is 35.8 Å². The molecule has 2 heterocycles. The number of piperidine rings is 1. The summed E-state index contributed by atoms with van der Waals surface area (Å²) < 4.78 is 0. The molecule has 1 aliphatic rings. The third kappa shape index (κ3) is 3.56. The number of rotatable bonds is 3. The molecule has 0 radical (unpaired) electrons. The lowest BCUT2D eigenvalue weighted by atomic mass is 10.0. The van der Waals surface area contributed by atoms with Crippen molar-refractivity contribution in [2.24, 2.45) is 5.92 Å². The van der Waals surface area contributed by atoms with Gasteiger partial charge in [0.2, 0.25) is 5.91 Å². The quantitative estimate of drug-likeness (QED) is 0.922. The summed E-state index contributed by atoms with van der Waals surface area (Å²) >= 11 is 1.52. The summed E-state index contributed by atoms with van der Waals surface area (Å²) in [5, 5.41) is 6.80. The van der Waals surface area contributed by atoms with Gasteiger partial charge in [0.25, 0.3) is 5.91 Å². The van der Waals surface area contributed by atoms with Gasteiger partial charge in [-0.3, -0.25) is 9.59 Å². The Labute approximate surface area is 117 Å². The first kappa shape index (κ1) is 14.1. The topological polar surface area (TPSA) is 49.4 Å². The van der Waals surface area contributed by atoms with Crippen molar-refractivity contribution < 1.29 is 9.59 Å². The minimum absolute atomic E-state index is 0.00474. The molecule has 0 unspecified atom stereocenters. The molecule has 1 fully saturated rings. The lowest BCUT2D eigenvalue weighted by Gasteiger charge is -2.33. The van der Waals surface area contributed by atoms with Crippen LogP contribution in [0.1, 0.15) is 37.0 Å². The van der Waals surface area contributed by atoms with Crippen LogP contribution in [0, 0.1) is 5.92 Å². The molecule has 4 nitrogen and oxygen atoms in total. The van der Waals surface area contributed by atoms with Crippen LogP contribution >= 0.6 is 11.3 Å². The molecule has 104 valence electrons. The normalized spacial score (nSPS) is 16.7. The lowest BCUT2D eigenvalue weighted by molar-refractivity contribution is -0.135. The van der Waals surface area contributed by atoms with Gasteiger partial charge in [-0.25, -0.2) is 0 Å². The predicted molar refractivity (Wildman–Crippen MR) is 76.2 cm³/mol. The van der Waals surface area contributed by atoms with Gasteiger partial charge in [-0.1, -0.05) is 13.8 Å². The highest BCUT2D eigenvalue weighted by Crippen LogP contribution is 2.14. The van der Waals surface area contributed by atoms with Crippen molar-refractivity contribution in [1.29, 1.82) is 0 Å². The average Bonchev–Trinajstić information content (AvgIpc) is 2.92. The van der Waals surface area contributed by atoms with Crippen LogP contribution in [0.15, 0.2) is 16.8 Å². The smallest absolute Gasteiger partial charge is 0.252 e. The SMILES string of the molecule is CC(C)C(=O)N1CCC(NC(=O)c2ccsc2)CC1. The van der Waals surface area contributed by atoms with Crippen LogP contribution in [-0.2, 0) is 4.79 Å². The van der Waals surface area contributed by atoms with Crippen molar-refractivity contribution in [3.63, 3.8) is 0 Å². The van der Waals surface area contributed by atoms with E-state index in [0.29, 0.717) is 0 Å². The highest BCUT2D eigenvalue weighted by atomic mass is 32.1. The van der Waals surface area contributed by atoms with E-state index in [1.54, 1.807) is 0 Å². The Hall–Kier alpha value is -1.36. The average molecular weight is 280 g/mol. The van der Waals surface area contributed by atoms with Crippen LogP contribution in [0.25, 0.3) is 0 Å². The Morgan fingerprint density at radius 3 is 2.58 bits per heavy atom. The maximum absolute atomic E-state index is 11.9. The fourth-order valence-electron chi connectivity index (χ4n) is 2.27. The molecule has 5 heteroatoms. The molecule has 0 saturated carbocycles. The van der Waals surface area contributed by atoms with Crippen LogP contribution in [0.5, 0.6) is 0 Å². The Morgan fingerprint density at radius 2 is 2.05 bits per heavy atom. The highest BCUT2D eigenvalue weighted by Gasteiger charge is 2.25. The fourth-order valence-corrected chi connectivity index (χ4v) is 2.91. The molecule has 0 bridgehead atoms. The molecule has 1 N–H and O–H groups in total. The first-order valence-electron chi connectivity index (χ1n) is 6.69. The van der Waals surface area contributed by atoms with E-state index in [2.05, 4.69) is 5.32 Å². The monoisotopic (exact) mass is 280 g/mol. The number of hydrogen-bond acceptors (Lipinski definition) is 3. The van der Waals surface area contributed by atoms with Gasteiger partial charge in [-0.2, -0.15) is 11.3 Å². The van der Waals surface area contributed by atoms with E-state index in [-0.39, 0.29) is 23.8 Å². The number of carbonyl (C=O) groups excluding carboxylic acids is 2.